The zero-order valence-electron chi connectivity index (χ0n) is 17.4. The normalized spacial score (nSPS) is 14.9. The molecule has 0 radical (unpaired) electrons. The molecular weight excluding hydrogens is 436 g/mol. The smallest absolute Gasteiger partial charge is 0.481 e. The number of benzene rings is 1. The van der Waals surface area contributed by atoms with E-state index in [0.717, 1.165) is 38.1 Å². The standard InChI is InChI=1S/C20H22F4N4O4/c1-30-11-14(12-5-6-15(13(21)9-12)32-20(22,23)24)25-19(29)18-26-16(10-17(27-18)31-2)28-7-3-4-8-28/h5-6,9-10,14H,3-4,7-8,11H2,1-2H3,(H,25,29). The summed E-state index contributed by atoms with van der Waals surface area (Å²) in [7, 11) is 2.78. The number of hydrogen-bond donors (Lipinski definition) is 1. The minimum absolute atomic E-state index is 0.0758. The van der Waals surface area contributed by atoms with Crippen molar-refractivity contribution in [2.24, 2.45) is 0 Å². The number of rotatable bonds is 8. The van der Waals surface area contributed by atoms with Gasteiger partial charge in [0.05, 0.1) is 19.8 Å². The molecule has 1 atom stereocenters. The Morgan fingerprint density at radius 3 is 2.50 bits per heavy atom. The molecule has 1 fully saturated rings. The number of carbonyl (C=O) groups is 1. The van der Waals surface area contributed by atoms with Crippen molar-refractivity contribution in [2.45, 2.75) is 25.2 Å². The minimum atomic E-state index is -5.03. The Morgan fingerprint density at radius 2 is 1.91 bits per heavy atom. The molecule has 1 N–H and O–H groups in total. The van der Waals surface area contributed by atoms with Crippen molar-refractivity contribution in [3.05, 3.63) is 41.5 Å². The van der Waals surface area contributed by atoms with Gasteiger partial charge in [-0.15, -0.1) is 13.2 Å². The van der Waals surface area contributed by atoms with E-state index in [2.05, 4.69) is 20.0 Å². The van der Waals surface area contributed by atoms with Crippen LogP contribution < -0.4 is 19.7 Å². The Morgan fingerprint density at radius 1 is 1.19 bits per heavy atom. The SMILES string of the molecule is COCC(NC(=O)c1nc(OC)cc(N2CCCC2)n1)c1ccc(OC(F)(F)F)c(F)c1. The second-order valence-electron chi connectivity index (χ2n) is 7.01. The maximum absolute atomic E-state index is 14.1. The van der Waals surface area contributed by atoms with E-state index in [1.165, 1.54) is 20.3 Å². The van der Waals surface area contributed by atoms with E-state index in [1.807, 2.05) is 4.90 Å². The molecule has 8 nitrogen and oxygen atoms in total. The number of ether oxygens (including phenoxy) is 3. The molecule has 0 aliphatic carbocycles. The molecule has 32 heavy (non-hydrogen) atoms. The summed E-state index contributed by atoms with van der Waals surface area (Å²) < 4.78 is 65.1. The van der Waals surface area contributed by atoms with E-state index in [1.54, 1.807) is 6.07 Å². The van der Waals surface area contributed by atoms with Gasteiger partial charge >= 0.3 is 6.36 Å². The van der Waals surface area contributed by atoms with Crippen LogP contribution in [0.4, 0.5) is 23.4 Å². The fraction of sp³-hybridized carbons (Fsp3) is 0.450. The van der Waals surface area contributed by atoms with Gasteiger partial charge in [0.2, 0.25) is 11.7 Å². The van der Waals surface area contributed by atoms with Gasteiger partial charge < -0.3 is 24.4 Å². The van der Waals surface area contributed by atoms with Gasteiger partial charge in [-0.3, -0.25) is 4.79 Å². The summed E-state index contributed by atoms with van der Waals surface area (Å²) in [5, 5.41) is 2.62. The highest BCUT2D eigenvalue weighted by Gasteiger charge is 2.32. The Hall–Kier alpha value is -3.15. The number of nitrogens with one attached hydrogen (secondary N) is 1. The topological polar surface area (TPSA) is 85.8 Å². The number of halogens is 4. The second kappa shape index (κ2) is 9.98. The number of aromatic nitrogens is 2. The summed E-state index contributed by atoms with van der Waals surface area (Å²) in [5.41, 5.74) is 0.176. The van der Waals surface area contributed by atoms with Crippen LogP contribution in [0.15, 0.2) is 24.3 Å². The highest BCUT2D eigenvalue weighted by atomic mass is 19.4. The average Bonchev–Trinajstić information content (AvgIpc) is 3.28. The van der Waals surface area contributed by atoms with Crippen molar-refractivity contribution in [1.82, 2.24) is 15.3 Å². The molecule has 0 spiro atoms. The molecule has 1 amide bonds. The van der Waals surface area contributed by atoms with Crippen LogP contribution >= 0.6 is 0 Å². The third-order valence-corrected chi connectivity index (χ3v) is 4.75. The molecule has 12 heteroatoms. The molecule has 0 bridgehead atoms. The van der Waals surface area contributed by atoms with E-state index in [-0.39, 0.29) is 23.9 Å². The third kappa shape index (κ3) is 5.96. The van der Waals surface area contributed by atoms with Gasteiger partial charge in [0.25, 0.3) is 5.91 Å². The van der Waals surface area contributed by atoms with Gasteiger partial charge in [0.15, 0.2) is 11.6 Å². The Balaban J connectivity index is 1.82. The molecule has 1 aromatic heterocycles. The van der Waals surface area contributed by atoms with Gasteiger partial charge in [-0.25, -0.2) is 9.37 Å². The third-order valence-electron chi connectivity index (χ3n) is 4.75. The number of nitrogens with zero attached hydrogens (tertiary/aromatic N) is 3. The van der Waals surface area contributed by atoms with Crippen LogP contribution in [0.3, 0.4) is 0 Å². The maximum Gasteiger partial charge on any atom is 0.573 e. The van der Waals surface area contributed by atoms with Crippen molar-refractivity contribution in [2.75, 3.05) is 38.8 Å². The summed E-state index contributed by atoms with van der Waals surface area (Å²) in [6, 6.07) is 3.62. The van der Waals surface area contributed by atoms with Crippen molar-refractivity contribution in [3.63, 3.8) is 0 Å². The van der Waals surface area contributed by atoms with E-state index < -0.39 is 29.9 Å². The average molecular weight is 458 g/mol. The van der Waals surface area contributed by atoms with Gasteiger partial charge in [0.1, 0.15) is 5.82 Å². The van der Waals surface area contributed by atoms with Crippen LogP contribution in [0.25, 0.3) is 0 Å². The van der Waals surface area contributed by atoms with Crippen LogP contribution in [0.5, 0.6) is 11.6 Å². The number of methoxy groups -OCH3 is 2. The van der Waals surface area contributed by atoms with E-state index in [4.69, 9.17) is 9.47 Å². The number of hydrogen-bond acceptors (Lipinski definition) is 7. The van der Waals surface area contributed by atoms with Crippen molar-refractivity contribution in [1.29, 1.82) is 0 Å². The largest absolute Gasteiger partial charge is 0.573 e. The molecule has 1 aromatic carbocycles. The summed E-state index contributed by atoms with van der Waals surface area (Å²) in [5.74, 6) is -2.30. The Labute approximate surface area is 181 Å². The molecule has 1 unspecified atom stereocenters. The van der Waals surface area contributed by atoms with Crippen molar-refractivity contribution >= 4 is 11.7 Å². The summed E-state index contributed by atoms with van der Waals surface area (Å²) in [6.45, 7) is 1.51. The molecule has 2 heterocycles. The van der Waals surface area contributed by atoms with E-state index in [9.17, 15) is 22.4 Å². The monoisotopic (exact) mass is 458 g/mol. The number of anilines is 1. The highest BCUT2D eigenvalue weighted by molar-refractivity contribution is 5.91. The first-order chi connectivity index (χ1) is 15.2. The number of amides is 1. The molecule has 1 aliphatic heterocycles. The first-order valence-electron chi connectivity index (χ1n) is 9.73. The molecule has 3 rings (SSSR count). The molecule has 2 aromatic rings. The van der Waals surface area contributed by atoms with E-state index >= 15 is 0 Å². The lowest BCUT2D eigenvalue weighted by Crippen LogP contribution is -2.33. The van der Waals surface area contributed by atoms with Crippen molar-refractivity contribution < 1.29 is 36.6 Å². The van der Waals surface area contributed by atoms with Crippen LogP contribution in [-0.2, 0) is 4.74 Å². The fourth-order valence-electron chi connectivity index (χ4n) is 3.28. The lowest BCUT2D eigenvalue weighted by atomic mass is 10.1. The van der Waals surface area contributed by atoms with Gasteiger partial charge in [-0.2, -0.15) is 4.98 Å². The summed E-state index contributed by atoms with van der Waals surface area (Å²) >= 11 is 0. The molecular formula is C20H22F4N4O4. The first-order valence-corrected chi connectivity index (χ1v) is 9.73. The predicted molar refractivity (Wildman–Crippen MR) is 105 cm³/mol. The van der Waals surface area contributed by atoms with Crippen LogP contribution in [0.1, 0.15) is 35.1 Å². The molecule has 174 valence electrons. The predicted octanol–water partition coefficient (Wildman–Crippen LogP) is 3.24. The molecule has 1 saturated heterocycles. The molecule has 1 aliphatic rings. The quantitative estimate of drug-likeness (QED) is 0.608. The minimum Gasteiger partial charge on any atom is -0.481 e. The maximum atomic E-state index is 14.1. The first kappa shape index (κ1) is 23.5. The number of alkyl halides is 3. The second-order valence-corrected chi connectivity index (χ2v) is 7.01. The lowest BCUT2D eigenvalue weighted by molar-refractivity contribution is -0.275. The van der Waals surface area contributed by atoms with Crippen LogP contribution in [-0.4, -0.2) is 56.2 Å². The van der Waals surface area contributed by atoms with Gasteiger partial charge in [0, 0.05) is 26.3 Å². The zero-order valence-corrected chi connectivity index (χ0v) is 17.4. The molecule has 0 saturated carbocycles. The zero-order chi connectivity index (χ0) is 23.3. The fourth-order valence-corrected chi connectivity index (χ4v) is 3.28. The van der Waals surface area contributed by atoms with Crippen LogP contribution in [0.2, 0.25) is 0 Å². The van der Waals surface area contributed by atoms with Crippen molar-refractivity contribution in [3.8, 4) is 11.6 Å². The summed E-state index contributed by atoms with van der Waals surface area (Å²) in [6.07, 6.45) is -3.02. The Bertz CT molecular complexity index is 952. The summed E-state index contributed by atoms with van der Waals surface area (Å²) in [4.78, 5) is 23.2. The lowest BCUT2D eigenvalue weighted by Gasteiger charge is -2.20. The number of carbonyl (C=O) groups excluding carboxylic acids is 1. The highest BCUT2D eigenvalue weighted by Crippen LogP contribution is 2.28. The van der Waals surface area contributed by atoms with Gasteiger partial charge in [-0.05, 0) is 30.5 Å². The Kier molecular flexibility index (Phi) is 7.33. The van der Waals surface area contributed by atoms with E-state index in [0.29, 0.717) is 5.82 Å². The van der Waals surface area contributed by atoms with Crippen LogP contribution in [0, 0.1) is 5.82 Å². The van der Waals surface area contributed by atoms with Gasteiger partial charge in [-0.1, -0.05) is 6.07 Å².